The minimum Gasteiger partial charge on any atom is -0.336 e. The Balaban J connectivity index is 0.00000144. The lowest BCUT2D eigenvalue weighted by atomic mass is 10.1. The molecule has 100 valence electrons. The summed E-state index contributed by atoms with van der Waals surface area (Å²) in [6.07, 6.45) is 0. The predicted octanol–water partition coefficient (Wildman–Crippen LogP) is 1.47. The van der Waals surface area contributed by atoms with Gasteiger partial charge in [0.2, 0.25) is 5.91 Å². The van der Waals surface area contributed by atoms with Crippen LogP contribution in [0.1, 0.15) is 13.8 Å². The van der Waals surface area contributed by atoms with Gasteiger partial charge in [0.15, 0.2) is 0 Å². The maximum atomic E-state index is 12.4. The standard InChI is InChI=1S/C11H20N2OS2.ClH/c1-8-9(2)13(4-3-12-8)11(14)10-7-15-5-6-16-10;/h8-10,12H,3-7H2,1-2H3;1H. The van der Waals surface area contributed by atoms with Crippen molar-refractivity contribution in [1.82, 2.24) is 10.2 Å². The maximum Gasteiger partial charge on any atom is 0.236 e. The molecule has 6 heteroatoms. The van der Waals surface area contributed by atoms with Crippen molar-refractivity contribution in [3.05, 3.63) is 0 Å². The number of carbonyl (C=O) groups is 1. The van der Waals surface area contributed by atoms with Crippen molar-refractivity contribution < 1.29 is 4.79 Å². The molecular weight excluding hydrogens is 276 g/mol. The van der Waals surface area contributed by atoms with Crippen LogP contribution >= 0.6 is 35.9 Å². The molecule has 2 aliphatic heterocycles. The Morgan fingerprint density at radius 1 is 1.35 bits per heavy atom. The molecule has 3 atom stereocenters. The average Bonchev–Trinajstić information content (AvgIpc) is 2.33. The summed E-state index contributed by atoms with van der Waals surface area (Å²) in [7, 11) is 0. The molecule has 3 unspecified atom stereocenters. The predicted molar refractivity (Wildman–Crippen MR) is 79.5 cm³/mol. The summed E-state index contributed by atoms with van der Waals surface area (Å²) < 4.78 is 0. The molecule has 2 fully saturated rings. The molecule has 17 heavy (non-hydrogen) atoms. The first kappa shape index (κ1) is 15.5. The number of hydrogen-bond acceptors (Lipinski definition) is 4. The molecular formula is C11H21ClN2OS2. The van der Waals surface area contributed by atoms with Crippen LogP contribution in [-0.2, 0) is 4.79 Å². The Morgan fingerprint density at radius 3 is 2.76 bits per heavy atom. The lowest BCUT2D eigenvalue weighted by Crippen LogP contribution is -2.59. The molecule has 0 aromatic carbocycles. The van der Waals surface area contributed by atoms with Crippen molar-refractivity contribution in [2.45, 2.75) is 31.2 Å². The molecule has 1 amide bonds. The van der Waals surface area contributed by atoms with Crippen LogP contribution in [0.3, 0.4) is 0 Å². The molecule has 0 saturated carbocycles. The summed E-state index contributed by atoms with van der Waals surface area (Å²) in [6.45, 7) is 6.11. The second-order valence-corrected chi connectivity index (χ2v) is 6.91. The number of rotatable bonds is 1. The number of hydrogen-bond donors (Lipinski definition) is 1. The Labute approximate surface area is 118 Å². The van der Waals surface area contributed by atoms with Gasteiger partial charge in [-0.25, -0.2) is 0 Å². The van der Waals surface area contributed by atoms with Crippen LogP contribution in [0.25, 0.3) is 0 Å². The van der Waals surface area contributed by atoms with Gasteiger partial charge in [-0.2, -0.15) is 11.8 Å². The molecule has 0 spiro atoms. The van der Waals surface area contributed by atoms with E-state index in [0.29, 0.717) is 18.0 Å². The number of thioether (sulfide) groups is 2. The molecule has 0 bridgehead atoms. The Hall–Kier alpha value is 0.420. The Kier molecular flexibility index (Phi) is 6.48. The van der Waals surface area contributed by atoms with E-state index in [-0.39, 0.29) is 17.7 Å². The fraction of sp³-hybridized carbons (Fsp3) is 0.909. The Morgan fingerprint density at radius 2 is 2.12 bits per heavy atom. The van der Waals surface area contributed by atoms with Crippen LogP contribution in [0.15, 0.2) is 0 Å². The summed E-state index contributed by atoms with van der Waals surface area (Å²) in [5, 5.41) is 3.61. The van der Waals surface area contributed by atoms with Gasteiger partial charge in [-0.05, 0) is 13.8 Å². The molecule has 0 aromatic heterocycles. The van der Waals surface area contributed by atoms with Crippen LogP contribution in [0.5, 0.6) is 0 Å². The van der Waals surface area contributed by atoms with E-state index in [0.717, 1.165) is 24.6 Å². The zero-order chi connectivity index (χ0) is 11.5. The highest BCUT2D eigenvalue weighted by Crippen LogP contribution is 2.26. The van der Waals surface area contributed by atoms with E-state index in [1.807, 2.05) is 23.5 Å². The monoisotopic (exact) mass is 296 g/mol. The van der Waals surface area contributed by atoms with Gasteiger partial charge in [-0.15, -0.1) is 24.2 Å². The normalized spacial score (nSPS) is 34.0. The smallest absolute Gasteiger partial charge is 0.236 e. The molecule has 0 radical (unpaired) electrons. The second-order valence-electron chi connectivity index (χ2n) is 4.45. The zero-order valence-electron chi connectivity index (χ0n) is 10.3. The molecule has 1 N–H and O–H groups in total. The van der Waals surface area contributed by atoms with Crippen molar-refractivity contribution in [3.63, 3.8) is 0 Å². The second kappa shape index (κ2) is 7.12. The quantitative estimate of drug-likeness (QED) is 0.794. The van der Waals surface area contributed by atoms with Gasteiger partial charge >= 0.3 is 0 Å². The van der Waals surface area contributed by atoms with E-state index in [9.17, 15) is 4.79 Å². The zero-order valence-corrected chi connectivity index (χ0v) is 12.8. The number of amides is 1. The molecule has 2 aliphatic rings. The van der Waals surface area contributed by atoms with E-state index < -0.39 is 0 Å². The van der Waals surface area contributed by atoms with Crippen LogP contribution in [0.2, 0.25) is 0 Å². The van der Waals surface area contributed by atoms with Crippen molar-refractivity contribution in [1.29, 1.82) is 0 Å². The average molecular weight is 297 g/mol. The summed E-state index contributed by atoms with van der Waals surface area (Å²) in [5.74, 6) is 3.67. The maximum absolute atomic E-state index is 12.4. The third-order valence-electron chi connectivity index (χ3n) is 3.41. The van der Waals surface area contributed by atoms with E-state index in [4.69, 9.17) is 0 Å². The molecule has 2 saturated heterocycles. The largest absolute Gasteiger partial charge is 0.336 e. The van der Waals surface area contributed by atoms with Gasteiger partial charge in [0.1, 0.15) is 0 Å². The van der Waals surface area contributed by atoms with Crippen LogP contribution in [0, 0.1) is 0 Å². The van der Waals surface area contributed by atoms with Crippen LogP contribution in [0.4, 0.5) is 0 Å². The summed E-state index contributed by atoms with van der Waals surface area (Å²) in [6, 6.07) is 0.743. The summed E-state index contributed by atoms with van der Waals surface area (Å²) in [4.78, 5) is 14.4. The third kappa shape index (κ3) is 3.69. The van der Waals surface area contributed by atoms with Gasteiger partial charge in [0.25, 0.3) is 0 Å². The third-order valence-corrected chi connectivity index (χ3v) is 6.15. The van der Waals surface area contributed by atoms with E-state index in [2.05, 4.69) is 24.1 Å². The fourth-order valence-corrected chi connectivity index (χ4v) is 4.80. The van der Waals surface area contributed by atoms with Gasteiger partial charge in [0.05, 0.1) is 5.25 Å². The highest BCUT2D eigenvalue weighted by molar-refractivity contribution is 8.07. The van der Waals surface area contributed by atoms with Gasteiger partial charge in [0, 0.05) is 42.4 Å². The number of halogens is 1. The van der Waals surface area contributed by atoms with Crippen LogP contribution < -0.4 is 5.32 Å². The Bertz CT molecular complexity index is 262. The van der Waals surface area contributed by atoms with Gasteiger partial charge in [-0.3, -0.25) is 4.79 Å². The van der Waals surface area contributed by atoms with E-state index in [1.165, 1.54) is 5.75 Å². The minimum atomic E-state index is 0. The highest BCUT2D eigenvalue weighted by Gasteiger charge is 2.33. The molecule has 3 nitrogen and oxygen atoms in total. The van der Waals surface area contributed by atoms with Gasteiger partial charge in [-0.1, -0.05) is 0 Å². The molecule has 2 rings (SSSR count). The van der Waals surface area contributed by atoms with Crippen molar-refractivity contribution in [3.8, 4) is 0 Å². The van der Waals surface area contributed by atoms with Crippen molar-refractivity contribution in [2.75, 3.05) is 30.3 Å². The first-order chi connectivity index (χ1) is 7.70. The SMILES string of the molecule is CC1NCCN(C(=O)C2CSCCS2)C1C.Cl. The lowest BCUT2D eigenvalue weighted by Gasteiger charge is -2.40. The van der Waals surface area contributed by atoms with E-state index in [1.54, 1.807) is 0 Å². The van der Waals surface area contributed by atoms with E-state index >= 15 is 0 Å². The fourth-order valence-electron chi connectivity index (χ4n) is 2.18. The topological polar surface area (TPSA) is 32.3 Å². The molecule has 0 aromatic rings. The molecule has 2 heterocycles. The van der Waals surface area contributed by atoms with Crippen molar-refractivity contribution in [2.24, 2.45) is 0 Å². The van der Waals surface area contributed by atoms with Crippen molar-refractivity contribution >= 4 is 41.8 Å². The number of nitrogens with zero attached hydrogens (tertiary/aromatic N) is 1. The number of nitrogens with one attached hydrogen (secondary N) is 1. The first-order valence-electron chi connectivity index (χ1n) is 5.93. The van der Waals surface area contributed by atoms with Gasteiger partial charge < -0.3 is 10.2 Å². The molecule has 0 aliphatic carbocycles. The highest BCUT2D eigenvalue weighted by atomic mass is 35.5. The van der Waals surface area contributed by atoms with Crippen LogP contribution in [-0.4, -0.2) is 58.5 Å². The first-order valence-corrected chi connectivity index (χ1v) is 8.13. The number of carbonyl (C=O) groups excluding carboxylic acids is 1. The minimum absolute atomic E-state index is 0. The summed E-state index contributed by atoms with van der Waals surface area (Å²) in [5.41, 5.74) is 0. The summed E-state index contributed by atoms with van der Waals surface area (Å²) >= 11 is 3.75. The number of piperazine rings is 1. The lowest BCUT2D eigenvalue weighted by molar-refractivity contribution is -0.133.